The molecule has 1 aromatic rings. The first-order valence-corrected chi connectivity index (χ1v) is 7.52. The largest absolute Gasteiger partial charge is 0.495 e. The highest BCUT2D eigenvalue weighted by molar-refractivity contribution is 7.92. The Morgan fingerprint density at radius 2 is 1.94 bits per heavy atom. The third-order valence-corrected chi connectivity index (χ3v) is 3.82. The Labute approximate surface area is 109 Å². The van der Waals surface area contributed by atoms with Gasteiger partial charge in [0.2, 0.25) is 10.0 Å². The maximum absolute atomic E-state index is 11.8. The number of nitrogens with one attached hydrogen (secondary N) is 2. The minimum Gasteiger partial charge on any atom is -0.495 e. The van der Waals surface area contributed by atoms with Crippen LogP contribution in [0, 0.1) is 0 Å². The summed E-state index contributed by atoms with van der Waals surface area (Å²) in [5, 5.41) is 2.99. The predicted octanol–water partition coefficient (Wildman–Crippen LogP) is 1.44. The molecule has 1 aromatic carbocycles. The number of anilines is 1. The molecule has 0 heterocycles. The lowest BCUT2D eigenvalue weighted by Gasteiger charge is -2.11. The van der Waals surface area contributed by atoms with Crippen LogP contribution in [-0.4, -0.2) is 34.9 Å². The van der Waals surface area contributed by atoms with E-state index in [0.29, 0.717) is 17.9 Å². The summed E-state index contributed by atoms with van der Waals surface area (Å²) >= 11 is 0. The number of unbranched alkanes of at least 4 members (excludes halogenated alkanes) is 1. The Morgan fingerprint density at radius 1 is 1.22 bits per heavy atom. The van der Waals surface area contributed by atoms with Crippen molar-refractivity contribution in [1.82, 2.24) is 5.32 Å². The molecule has 102 valence electrons. The lowest BCUT2D eigenvalue weighted by atomic mass is 10.3. The maximum Gasteiger partial charge on any atom is 0.232 e. The van der Waals surface area contributed by atoms with Crippen LogP contribution in [0.4, 0.5) is 5.69 Å². The molecule has 5 nitrogen and oxygen atoms in total. The van der Waals surface area contributed by atoms with Crippen LogP contribution in [-0.2, 0) is 10.0 Å². The van der Waals surface area contributed by atoms with Crippen LogP contribution in [0.1, 0.15) is 12.8 Å². The number of methoxy groups -OCH3 is 1. The van der Waals surface area contributed by atoms with E-state index < -0.39 is 10.0 Å². The van der Waals surface area contributed by atoms with Crippen molar-refractivity contribution in [2.75, 3.05) is 31.2 Å². The molecule has 0 atom stereocenters. The number of ether oxygens (including phenoxy) is 1. The van der Waals surface area contributed by atoms with Gasteiger partial charge < -0.3 is 10.1 Å². The highest BCUT2D eigenvalue weighted by Gasteiger charge is 2.12. The standard InChI is InChI=1S/C12H20N2O3S/c1-13-9-5-6-10-18(15,16)14-11-7-3-4-8-12(11)17-2/h3-4,7-8,13-14H,5-6,9-10H2,1-2H3. The number of benzene rings is 1. The molecule has 0 spiro atoms. The summed E-state index contributed by atoms with van der Waals surface area (Å²) in [6.45, 7) is 0.824. The van der Waals surface area contributed by atoms with E-state index in [2.05, 4.69) is 10.0 Å². The predicted molar refractivity (Wildman–Crippen MR) is 73.6 cm³/mol. The van der Waals surface area contributed by atoms with E-state index in [-0.39, 0.29) is 5.75 Å². The Kier molecular flexibility index (Phi) is 5.94. The van der Waals surface area contributed by atoms with Gasteiger partial charge in [0.15, 0.2) is 0 Å². The van der Waals surface area contributed by atoms with Crippen molar-refractivity contribution < 1.29 is 13.2 Å². The molecule has 0 radical (unpaired) electrons. The van der Waals surface area contributed by atoms with Gasteiger partial charge in [-0.05, 0) is 38.6 Å². The number of para-hydroxylation sites is 2. The molecule has 6 heteroatoms. The van der Waals surface area contributed by atoms with Gasteiger partial charge in [-0.25, -0.2) is 8.42 Å². The molecule has 0 aliphatic heterocycles. The van der Waals surface area contributed by atoms with E-state index in [0.717, 1.165) is 13.0 Å². The van der Waals surface area contributed by atoms with Crippen molar-refractivity contribution >= 4 is 15.7 Å². The molecule has 2 N–H and O–H groups in total. The Morgan fingerprint density at radius 3 is 2.61 bits per heavy atom. The number of hydrogen-bond acceptors (Lipinski definition) is 4. The Hall–Kier alpha value is -1.27. The van der Waals surface area contributed by atoms with Gasteiger partial charge in [0, 0.05) is 0 Å². The fourth-order valence-electron chi connectivity index (χ4n) is 1.54. The molecule has 0 unspecified atom stereocenters. The zero-order valence-electron chi connectivity index (χ0n) is 10.8. The second-order valence-corrected chi connectivity index (χ2v) is 5.77. The van der Waals surface area contributed by atoms with Crippen LogP contribution in [0.15, 0.2) is 24.3 Å². The lowest BCUT2D eigenvalue weighted by molar-refractivity contribution is 0.417. The number of hydrogen-bond donors (Lipinski definition) is 2. The van der Waals surface area contributed by atoms with Gasteiger partial charge >= 0.3 is 0 Å². The Bertz CT molecular complexity index is 460. The van der Waals surface area contributed by atoms with E-state index in [1.807, 2.05) is 7.05 Å². The summed E-state index contributed by atoms with van der Waals surface area (Å²) < 4.78 is 31.3. The molecule has 0 saturated heterocycles. The average molecular weight is 272 g/mol. The number of sulfonamides is 1. The van der Waals surface area contributed by atoms with Crippen LogP contribution in [0.25, 0.3) is 0 Å². The fourth-order valence-corrected chi connectivity index (χ4v) is 2.73. The minimum absolute atomic E-state index is 0.118. The fraction of sp³-hybridized carbons (Fsp3) is 0.500. The summed E-state index contributed by atoms with van der Waals surface area (Å²) in [7, 11) is 0.0573. The molecule has 0 fully saturated rings. The van der Waals surface area contributed by atoms with Gasteiger partial charge in [0.1, 0.15) is 5.75 Å². The second kappa shape index (κ2) is 7.23. The summed E-state index contributed by atoms with van der Waals surface area (Å²) in [4.78, 5) is 0. The molecular weight excluding hydrogens is 252 g/mol. The van der Waals surface area contributed by atoms with Crippen molar-refractivity contribution in [2.45, 2.75) is 12.8 Å². The van der Waals surface area contributed by atoms with Gasteiger partial charge in [-0.1, -0.05) is 12.1 Å². The maximum atomic E-state index is 11.8. The van der Waals surface area contributed by atoms with Crippen molar-refractivity contribution in [2.24, 2.45) is 0 Å². The van der Waals surface area contributed by atoms with Crippen LogP contribution in [0.5, 0.6) is 5.75 Å². The topological polar surface area (TPSA) is 67.4 Å². The average Bonchev–Trinajstić information content (AvgIpc) is 2.35. The molecule has 0 saturated carbocycles. The third-order valence-electron chi connectivity index (χ3n) is 2.46. The van der Waals surface area contributed by atoms with Crippen molar-refractivity contribution in [3.8, 4) is 5.75 Å². The van der Waals surface area contributed by atoms with Crippen molar-refractivity contribution in [1.29, 1.82) is 0 Å². The highest BCUT2D eigenvalue weighted by Crippen LogP contribution is 2.24. The monoisotopic (exact) mass is 272 g/mol. The molecule has 0 amide bonds. The summed E-state index contributed by atoms with van der Waals surface area (Å²) in [5.41, 5.74) is 0.480. The van der Waals surface area contributed by atoms with Crippen LogP contribution in [0.2, 0.25) is 0 Å². The van der Waals surface area contributed by atoms with Crippen LogP contribution < -0.4 is 14.8 Å². The Balaban J connectivity index is 2.59. The minimum atomic E-state index is -3.31. The quantitative estimate of drug-likeness (QED) is 0.703. The third kappa shape index (κ3) is 4.93. The first-order chi connectivity index (χ1) is 8.59. The molecule has 0 bridgehead atoms. The summed E-state index contributed by atoms with van der Waals surface area (Å²) in [6.07, 6.45) is 1.47. The molecule has 0 aromatic heterocycles. The molecule has 0 aliphatic rings. The van der Waals surface area contributed by atoms with Crippen molar-refractivity contribution in [3.05, 3.63) is 24.3 Å². The van der Waals surface area contributed by atoms with E-state index in [4.69, 9.17) is 4.74 Å². The summed E-state index contributed by atoms with van der Waals surface area (Å²) in [5.74, 6) is 0.642. The zero-order chi connectivity index (χ0) is 13.4. The first kappa shape index (κ1) is 14.8. The van der Waals surface area contributed by atoms with Gasteiger partial charge in [-0.3, -0.25) is 4.72 Å². The first-order valence-electron chi connectivity index (χ1n) is 5.87. The van der Waals surface area contributed by atoms with Crippen LogP contribution in [0.3, 0.4) is 0 Å². The van der Waals surface area contributed by atoms with E-state index in [1.165, 1.54) is 7.11 Å². The van der Waals surface area contributed by atoms with Gasteiger partial charge in [-0.2, -0.15) is 0 Å². The molecule has 1 rings (SSSR count). The van der Waals surface area contributed by atoms with Crippen molar-refractivity contribution in [3.63, 3.8) is 0 Å². The van der Waals surface area contributed by atoms with Gasteiger partial charge in [0.05, 0.1) is 18.6 Å². The highest BCUT2D eigenvalue weighted by atomic mass is 32.2. The SMILES string of the molecule is CNCCCCS(=O)(=O)Nc1ccccc1OC. The van der Waals surface area contributed by atoms with E-state index >= 15 is 0 Å². The van der Waals surface area contributed by atoms with Gasteiger partial charge in [0.25, 0.3) is 0 Å². The van der Waals surface area contributed by atoms with E-state index in [1.54, 1.807) is 24.3 Å². The van der Waals surface area contributed by atoms with E-state index in [9.17, 15) is 8.42 Å². The molecular formula is C12H20N2O3S. The van der Waals surface area contributed by atoms with Crippen LogP contribution >= 0.6 is 0 Å². The smallest absolute Gasteiger partial charge is 0.232 e. The normalized spacial score (nSPS) is 11.2. The second-order valence-electron chi connectivity index (χ2n) is 3.93. The van der Waals surface area contributed by atoms with Gasteiger partial charge in [-0.15, -0.1) is 0 Å². The lowest BCUT2D eigenvalue weighted by Crippen LogP contribution is -2.18. The summed E-state index contributed by atoms with van der Waals surface area (Å²) in [6, 6.07) is 6.97. The molecule has 18 heavy (non-hydrogen) atoms. The zero-order valence-corrected chi connectivity index (χ0v) is 11.6. The molecule has 0 aliphatic carbocycles. The number of rotatable bonds is 8.